The minimum absolute atomic E-state index is 0.0343. The zero-order valence-electron chi connectivity index (χ0n) is 18.8. The molecule has 2 amide bonds. The van der Waals surface area contributed by atoms with Gasteiger partial charge in [-0.1, -0.05) is 54.6 Å². The number of carbonyl (C=O) groups is 2. The Morgan fingerprint density at radius 1 is 0.758 bits per heavy atom. The van der Waals surface area contributed by atoms with Crippen molar-refractivity contribution in [3.8, 4) is 0 Å². The van der Waals surface area contributed by atoms with Crippen LogP contribution < -0.4 is 16.0 Å². The van der Waals surface area contributed by atoms with Crippen LogP contribution in [-0.4, -0.2) is 33.0 Å². The van der Waals surface area contributed by atoms with Gasteiger partial charge in [-0.05, 0) is 53.9 Å². The van der Waals surface area contributed by atoms with E-state index < -0.39 is 12.2 Å². The molecule has 7 heteroatoms. The van der Waals surface area contributed by atoms with Gasteiger partial charge in [0.1, 0.15) is 0 Å². The molecule has 0 aliphatic heterocycles. The summed E-state index contributed by atoms with van der Waals surface area (Å²) in [6, 6.07) is 25.6. The molecule has 3 aromatic rings. The summed E-state index contributed by atoms with van der Waals surface area (Å²) in [4.78, 5) is 23.3. The van der Waals surface area contributed by atoms with E-state index in [1.165, 1.54) is 19.8 Å². The molecule has 0 fully saturated rings. The molecule has 172 valence electrons. The molecule has 0 radical (unpaired) electrons. The number of benzene rings is 3. The lowest BCUT2D eigenvalue weighted by Crippen LogP contribution is -2.18. The summed E-state index contributed by atoms with van der Waals surface area (Å²) < 4.78 is 9.42. The van der Waals surface area contributed by atoms with Crippen molar-refractivity contribution in [2.45, 2.75) is 18.9 Å². The number of carbonyl (C=O) groups excluding carboxylic acids is 2. The average molecular weight is 448 g/mol. The van der Waals surface area contributed by atoms with Crippen LogP contribution in [0.5, 0.6) is 0 Å². The van der Waals surface area contributed by atoms with Gasteiger partial charge in [0, 0.05) is 23.8 Å². The van der Waals surface area contributed by atoms with Gasteiger partial charge in [0.2, 0.25) is 0 Å². The smallest absolute Gasteiger partial charge is 0.411 e. The minimum Gasteiger partial charge on any atom is -0.453 e. The Labute approximate surface area is 194 Å². The van der Waals surface area contributed by atoms with E-state index >= 15 is 0 Å². The molecule has 3 rings (SSSR count). The number of amides is 2. The van der Waals surface area contributed by atoms with E-state index in [4.69, 9.17) is 9.47 Å². The maximum absolute atomic E-state index is 11.7. The third kappa shape index (κ3) is 7.36. The Morgan fingerprint density at radius 3 is 1.82 bits per heavy atom. The molecule has 0 bridgehead atoms. The SMILES string of the molecule is COC(=O)Nc1cccc(C(CCNCc2ccccc2)c2cccc(NC(=O)OC)c2)c1. The summed E-state index contributed by atoms with van der Waals surface area (Å²) in [5.74, 6) is 0.0343. The van der Waals surface area contributed by atoms with Crippen LogP contribution in [0.1, 0.15) is 29.0 Å². The summed E-state index contributed by atoms with van der Waals surface area (Å²) >= 11 is 0. The Morgan fingerprint density at radius 2 is 1.30 bits per heavy atom. The van der Waals surface area contributed by atoms with Crippen molar-refractivity contribution in [2.75, 3.05) is 31.4 Å². The number of anilines is 2. The number of hydrogen-bond acceptors (Lipinski definition) is 5. The highest BCUT2D eigenvalue weighted by Crippen LogP contribution is 2.31. The number of ether oxygens (including phenoxy) is 2. The molecule has 7 nitrogen and oxygen atoms in total. The molecule has 0 unspecified atom stereocenters. The molecular formula is C26H29N3O4. The van der Waals surface area contributed by atoms with Gasteiger partial charge in [-0.25, -0.2) is 9.59 Å². The van der Waals surface area contributed by atoms with Crippen LogP contribution in [0.2, 0.25) is 0 Å². The molecule has 3 N–H and O–H groups in total. The molecule has 0 aliphatic rings. The van der Waals surface area contributed by atoms with Crippen LogP contribution in [0.4, 0.5) is 21.0 Å². The normalized spacial score (nSPS) is 10.5. The topological polar surface area (TPSA) is 88.7 Å². The first-order chi connectivity index (χ1) is 16.1. The highest BCUT2D eigenvalue weighted by atomic mass is 16.5. The molecule has 33 heavy (non-hydrogen) atoms. The van der Waals surface area contributed by atoms with Gasteiger partial charge in [0.05, 0.1) is 14.2 Å². The molecule has 0 aliphatic carbocycles. The number of rotatable bonds is 9. The van der Waals surface area contributed by atoms with Crippen LogP contribution in [0, 0.1) is 0 Å². The number of hydrogen-bond donors (Lipinski definition) is 3. The van der Waals surface area contributed by atoms with Gasteiger partial charge in [-0.15, -0.1) is 0 Å². The molecular weight excluding hydrogens is 418 g/mol. The van der Waals surface area contributed by atoms with E-state index in [9.17, 15) is 9.59 Å². The van der Waals surface area contributed by atoms with Gasteiger partial charge in [0.25, 0.3) is 0 Å². The van der Waals surface area contributed by atoms with Gasteiger partial charge >= 0.3 is 12.2 Å². The van der Waals surface area contributed by atoms with E-state index in [-0.39, 0.29) is 5.92 Å². The summed E-state index contributed by atoms with van der Waals surface area (Å²) in [6.45, 7) is 1.56. The van der Waals surface area contributed by atoms with Crippen LogP contribution in [0.25, 0.3) is 0 Å². The zero-order valence-corrected chi connectivity index (χ0v) is 18.8. The van der Waals surface area contributed by atoms with Crippen molar-refractivity contribution < 1.29 is 19.1 Å². The Kier molecular flexibility index (Phi) is 8.85. The lowest BCUT2D eigenvalue weighted by molar-refractivity contribution is 0.186. The zero-order chi connectivity index (χ0) is 23.5. The first-order valence-corrected chi connectivity index (χ1v) is 10.7. The second-order valence-corrected chi connectivity index (χ2v) is 7.49. The van der Waals surface area contributed by atoms with E-state index in [0.717, 1.165) is 30.6 Å². The van der Waals surface area contributed by atoms with Crippen molar-refractivity contribution in [1.29, 1.82) is 0 Å². The molecule has 0 saturated heterocycles. The van der Waals surface area contributed by atoms with Crippen LogP contribution in [-0.2, 0) is 16.0 Å². The highest BCUT2D eigenvalue weighted by molar-refractivity contribution is 5.85. The monoisotopic (exact) mass is 447 g/mol. The largest absolute Gasteiger partial charge is 0.453 e. The van der Waals surface area contributed by atoms with Crippen molar-refractivity contribution in [3.05, 3.63) is 95.6 Å². The van der Waals surface area contributed by atoms with Crippen molar-refractivity contribution in [3.63, 3.8) is 0 Å². The first-order valence-electron chi connectivity index (χ1n) is 10.7. The Hall–Kier alpha value is -3.84. The standard InChI is InChI=1S/C26H29N3O4/c1-32-25(30)28-22-12-6-10-20(16-22)24(14-15-27-18-19-8-4-3-5-9-19)21-11-7-13-23(17-21)29-26(31)33-2/h3-13,16-17,24,27H,14-15,18H2,1-2H3,(H,28,30)(H,29,31). The third-order valence-electron chi connectivity index (χ3n) is 5.22. The second kappa shape index (κ2) is 12.3. The highest BCUT2D eigenvalue weighted by Gasteiger charge is 2.16. The molecule has 0 heterocycles. The predicted molar refractivity (Wildman–Crippen MR) is 130 cm³/mol. The lowest BCUT2D eigenvalue weighted by atomic mass is 9.88. The van der Waals surface area contributed by atoms with Gasteiger partial charge in [0.15, 0.2) is 0 Å². The molecule has 0 spiro atoms. The summed E-state index contributed by atoms with van der Waals surface area (Å²) in [5.41, 5.74) is 4.62. The number of nitrogens with one attached hydrogen (secondary N) is 3. The predicted octanol–water partition coefficient (Wildman–Crippen LogP) is 5.36. The molecule has 3 aromatic carbocycles. The van der Waals surface area contributed by atoms with Gasteiger partial charge in [-0.3, -0.25) is 10.6 Å². The van der Waals surface area contributed by atoms with Gasteiger partial charge < -0.3 is 14.8 Å². The summed E-state index contributed by atoms with van der Waals surface area (Å²) in [7, 11) is 2.67. The Balaban J connectivity index is 1.80. The van der Waals surface area contributed by atoms with E-state index in [1.54, 1.807) is 0 Å². The van der Waals surface area contributed by atoms with Crippen LogP contribution in [0.3, 0.4) is 0 Å². The maximum Gasteiger partial charge on any atom is 0.411 e. The van der Waals surface area contributed by atoms with Crippen molar-refractivity contribution in [1.82, 2.24) is 5.32 Å². The fourth-order valence-corrected chi connectivity index (χ4v) is 3.60. The maximum atomic E-state index is 11.7. The fourth-order valence-electron chi connectivity index (χ4n) is 3.60. The quantitative estimate of drug-likeness (QED) is 0.385. The van der Waals surface area contributed by atoms with E-state index in [0.29, 0.717) is 11.4 Å². The van der Waals surface area contributed by atoms with E-state index in [2.05, 4.69) is 28.1 Å². The lowest BCUT2D eigenvalue weighted by Gasteiger charge is -2.20. The third-order valence-corrected chi connectivity index (χ3v) is 5.22. The van der Waals surface area contributed by atoms with Crippen molar-refractivity contribution >= 4 is 23.6 Å². The molecule has 0 aromatic heterocycles. The molecule has 0 atom stereocenters. The van der Waals surface area contributed by atoms with Crippen molar-refractivity contribution in [2.24, 2.45) is 0 Å². The number of methoxy groups -OCH3 is 2. The Bertz CT molecular complexity index is 995. The average Bonchev–Trinajstić information content (AvgIpc) is 2.85. The fraction of sp³-hybridized carbons (Fsp3) is 0.231. The summed E-state index contributed by atoms with van der Waals surface area (Å²) in [5, 5.41) is 8.95. The van der Waals surface area contributed by atoms with Crippen LogP contribution in [0.15, 0.2) is 78.9 Å². The van der Waals surface area contributed by atoms with E-state index in [1.807, 2.05) is 66.7 Å². The summed E-state index contributed by atoms with van der Waals surface area (Å²) in [6.07, 6.45) is -0.217. The molecule has 0 saturated carbocycles. The first kappa shape index (κ1) is 23.8. The minimum atomic E-state index is -0.516. The van der Waals surface area contributed by atoms with Gasteiger partial charge in [-0.2, -0.15) is 0 Å². The second-order valence-electron chi connectivity index (χ2n) is 7.49. The van der Waals surface area contributed by atoms with Crippen LogP contribution >= 0.6 is 0 Å².